The van der Waals surface area contributed by atoms with Crippen molar-refractivity contribution in [1.82, 2.24) is 0 Å². The first-order valence-electron chi connectivity index (χ1n) is 2.12. The highest BCUT2D eigenvalue weighted by atomic mass is 35.7. The van der Waals surface area contributed by atoms with Crippen LogP contribution in [0, 0.1) is 0 Å². The molecule has 0 bridgehead atoms. The first-order valence-corrected chi connectivity index (χ1v) is 3.77. The fraction of sp³-hybridized carbons (Fsp3) is 0.750. The maximum atomic E-state index is 10.2. The lowest BCUT2D eigenvalue weighted by atomic mass is 10.4. The number of hydrogen-bond acceptors (Lipinski definition) is 2. The molecule has 1 nitrogen and oxygen atoms in total. The smallest absolute Gasteiger partial charge is 0.204 e. The summed E-state index contributed by atoms with van der Waals surface area (Å²) in [6.45, 7) is 1.95. The van der Waals surface area contributed by atoms with Crippen LogP contribution in [0.5, 0.6) is 0 Å². The van der Waals surface area contributed by atoms with E-state index in [-0.39, 0.29) is 5.12 Å². The van der Waals surface area contributed by atoms with Crippen LogP contribution in [0.3, 0.4) is 0 Å². The van der Waals surface area contributed by atoms with E-state index in [2.05, 4.69) is 0 Å². The van der Waals surface area contributed by atoms with Gasteiger partial charge in [0, 0.05) is 17.4 Å². The maximum absolute atomic E-state index is 10.2. The van der Waals surface area contributed by atoms with E-state index in [0.29, 0.717) is 6.42 Å². The Morgan fingerprint density at radius 2 is 2.43 bits per heavy atom. The van der Waals surface area contributed by atoms with E-state index in [4.69, 9.17) is 10.7 Å². The minimum Gasteiger partial charge on any atom is -0.286 e. The average molecular weight is 139 g/mol. The van der Waals surface area contributed by atoms with Crippen molar-refractivity contribution in [2.24, 2.45) is 0 Å². The minimum absolute atomic E-state index is 0.0594. The number of carbonyl (C=O) groups excluding carboxylic acids is 1. The number of hydrogen-bond donors (Lipinski definition) is 0. The Morgan fingerprint density at radius 3 is 2.57 bits per heavy atom. The molecule has 0 aliphatic carbocycles. The first-order chi connectivity index (χ1) is 3.31. The van der Waals surface area contributed by atoms with E-state index in [1.54, 1.807) is 0 Å². The summed E-state index contributed by atoms with van der Waals surface area (Å²) in [4.78, 5) is 10.2. The van der Waals surface area contributed by atoms with Crippen molar-refractivity contribution in [3.8, 4) is 0 Å². The Morgan fingerprint density at radius 1 is 1.86 bits per heavy atom. The molecule has 0 aromatic carbocycles. The van der Waals surface area contributed by atoms with Gasteiger partial charge in [-0.1, -0.05) is 6.92 Å². The molecule has 42 valence electrons. The summed E-state index contributed by atoms with van der Waals surface area (Å²) in [5.41, 5.74) is 0. The zero-order chi connectivity index (χ0) is 5.70. The minimum atomic E-state index is 0.0594. The third kappa shape index (κ3) is 4.16. The van der Waals surface area contributed by atoms with Gasteiger partial charge in [0.05, 0.1) is 0 Å². The molecule has 0 aromatic heterocycles. The maximum Gasteiger partial charge on any atom is 0.204 e. The second-order valence-electron chi connectivity index (χ2n) is 1.20. The predicted octanol–water partition coefficient (Wildman–Crippen LogP) is 2.20. The highest BCUT2D eigenvalue weighted by Gasteiger charge is 1.94. The van der Waals surface area contributed by atoms with E-state index in [0.717, 1.165) is 17.4 Å². The summed E-state index contributed by atoms with van der Waals surface area (Å²) in [7, 11) is 5.88. The van der Waals surface area contributed by atoms with Crippen molar-refractivity contribution in [1.29, 1.82) is 0 Å². The van der Waals surface area contributed by atoms with Crippen molar-refractivity contribution in [2.75, 3.05) is 0 Å². The van der Waals surface area contributed by atoms with Gasteiger partial charge in [-0.3, -0.25) is 4.79 Å². The third-order valence-electron chi connectivity index (χ3n) is 0.540. The van der Waals surface area contributed by atoms with E-state index in [9.17, 15) is 4.79 Å². The lowest BCUT2D eigenvalue weighted by molar-refractivity contribution is -0.110. The van der Waals surface area contributed by atoms with Gasteiger partial charge in [-0.15, -0.1) is 0 Å². The van der Waals surface area contributed by atoms with Crippen molar-refractivity contribution in [3.05, 3.63) is 0 Å². The Kier molecular flexibility index (Phi) is 4.67. The standard InChI is InChI=1S/C4H7ClOS/c1-2-3-4(6)7-5/h2-3H2,1H3. The van der Waals surface area contributed by atoms with Crippen LogP contribution in [0.25, 0.3) is 0 Å². The second kappa shape index (κ2) is 4.47. The van der Waals surface area contributed by atoms with Gasteiger partial charge in [-0.25, -0.2) is 0 Å². The first kappa shape index (κ1) is 7.31. The fourth-order valence-electron chi connectivity index (χ4n) is 0.243. The molecule has 0 atom stereocenters. The topological polar surface area (TPSA) is 17.1 Å². The number of halogens is 1. The monoisotopic (exact) mass is 138 g/mol. The molecule has 0 saturated heterocycles. The van der Waals surface area contributed by atoms with Gasteiger partial charge in [-0.2, -0.15) is 0 Å². The van der Waals surface area contributed by atoms with Crippen LogP contribution < -0.4 is 0 Å². The molecular formula is C4H7ClOS. The molecule has 0 saturated carbocycles. The Hall–Kier alpha value is 0.310. The van der Waals surface area contributed by atoms with Crippen LogP contribution in [0.1, 0.15) is 19.8 Å². The largest absolute Gasteiger partial charge is 0.286 e. The highest BCUT2D eigenvalue weighted by Crippen LogP contribution is 2.10. The molecule has 7 heavy (non-hydrogen) atoms. The molecular weight excluding hydrogens is 132 g/mol. The van der Waals surface area contributed by atoms with Crippen molar-refractivity contribution < 1.29 is 4.79 Å². The Labute approximate surface area is 51.9 Å². The lowest BCUT2D eigenvalue weighted by Crippen LogP contribution is -1.83. The summed E-state index contributed by atoms with van der Waals surface area (Å²) < 4.78 is 0. The molecule has 0 radical (unpaired) electrons. The van der Waals surface area contributed by atoms with Crippen molar-refractivity contribution in [2.45, 2.75) is 19.8 Å². The van der Waals surface area contributed by atoms with Gasteiger partial charge in [0.15, 0.2) is 0 Å². The Balaban J connectivity index is 3.00. The summed E-state index contributed by atoms with van der Waals surface area (Å²) in [6.07, 6.45) is 1.48. The summed E-state index contributed by atoms with van der Waals surface area (Å²) in [5.74, 6) is 0. The Bertz CT molecular complexity index is 64.7. The normalized spacial score (nSPS) is 8.86. The summed E-state index contributed by atoms with van der Waals surface area (Å²) >= 11 is 0. The van der Waals surface area contributed by atoms with E-state index >= 15 is 0 Å². The van der Waals surface area contributed by atoms with E-state index < -0.39 is 0 Å². The van der Waals surface area contributed by atoms with Crippen LogP contribution in [-0.4, -0.2) is 5.12 Å². The molecule has 0 amide bonds. The van der Waals surface area contributed by atoms with Crippen LogP contribution in [0.15, 0.2) is 0 Å². The van der Waals surface area contributed by atoms with Gasteiger partial charge in [0.2, 0.25) is 5.12 Å². The van der Waals surface area contributed by atoms with Crippen molar-refractivity contribution in [3.63, 3.8) is 0 Å². The molecule has 0 aromatic rings. The summed E-state index contributed by atoms with van der Waals surface area (Å²) in [6, 6.07) is 0. The molecule has 0 spiro atoms. The zero-order valence-electron chi connectivity index (χ0n) is 4.11. The van der Waals surface area contributed by atoms with Crippen LogP contribution in [0.4, 0.5) is 0 Å². The molecule has 3 heteroatoms. The van der Waals surface area contributed by atoms with Crippen LogP contribution in [0.2, 0.25) is 0 Å². The van der Waals surface area contributed by atoms with E-state index in [1.165, 1.54) is 0 Å². The number of carbonyl (C=O) groups is 1. The lowest BCUT2D eigenvalue weighted by Gasteiger charge is -1.84. The SMILES string of the molecule is CCCC(=O)SCl. The summed E-state index contributed by atoms with van der Waals surface area (Å²) in [5, 5.41) is 0.0594. The van der Waals surface area contributed by atoms with Crippen LogP contribution in [-0.2, 0) is 4.79 Å². The van der Waals surface area contributed by atoms with E-state index in [1.807, 2.05) is 6.92 Å². The molecule has 0 heterocycles. The fourth-order valence-corrected chi connectivity index (χ4v) is 0.755. The third-order valence-corrected chi connectivity index (χ3v) is 1.43. The zero-order valence-corrected chi connectivity index (χ0v) is 5.68. The van der Waals surface area contributed by atoms with Gasteiger partial charge in [0.1, 0.15) is 0 Å². The predicted molar refractivity (Wildman–Crippen MR) is 33.4 cm³/mol. The molecule has 0 unspecified atom stereocenters. The van der Waals surface area contributed by atoms with Gasteiger partial charge in [-0.05, 0) is 17.1 Å². The van der Waals surface area contributed by atoms with Crippen LogP contribution >= 0.6 is 21.7 Å². The molecule has 0 N–H and O–H groups in total. The molecule has 0 aliphatic heterocycles. The molecule has 0 fully saturated rings. The van der Waals surface area contributed by atoms with Gasteiger partial charge in [0.25, 0.3) is 0 Å². The van der Waals surface area contributed by atoms with Gasteiger partial charge < -0.3 is 0 Å². The van der Waals surface area contributed by atoms with Gasteiger partial charge >= 0.3 is 0 Å². The van der Waals surface area contributed by atoms with Crippen molar-refractivity contribution >= 4 is 26.8 Å². The number of rotatable bonds is 2. The quantitative estimate of drug-likeness (QED) is 0.582. The average Bonchev–Trinajstić information content (AvgIpc) is 1.68. The highest BCUT2D eigenvalue weighted by molar-refractivity contribution is 8.32. The second-order valence-corrected chi connectivity index (χ2v) is 2.27. The molecule has 0 aliphatic rings. The molecule has 0 rings (SSSR count).